The first-order valence-electron chi connectivity index (χ1n) is 4.89. The van der Waals surface area contributed by atoms with Gasteiger partial charge in [0.1, 0.15) is 12.4 Å². The first-order chi connectivity index (χ1) is 8.54. The maximum atomic E-state index is 5.58. The maximum Gasteiger partial charge on any atom is 0.211 e. The molecule has 4 N–H and O–H groups in total. The Hall–Kier alpha value is -1.09. The predicted octanol–water partition coefficient (Wildman–Crippen LogP) is 2.23. The SMILES string of the molecule is C=CCOc1c(I)cc(Br)cc1C=NN=C(N)N. The third kappa shape index (κ3) is 4.65. The molecule has 0 fully saturated rings. The number of hydrogen-bond acceptors (Lipinski definition) is 3. The van der Waals surface area contributed by atoms with Crippen LogP contribution in [0.4, 0.5) is 0 Å². The lowest BCUT2D eigenvalue weighted by atomic mass is 10.2. The monoisotopic (exact) mass is 422 g/mol. The fraction of sp³-hybridized carbons (Fsp3) is 0.0909. The van der Waals surface area contributed by atoms with Crippen molar-refractivity contribution in [1.82, 2.24) is 0 Å². The number of hydrogen-bond donors (Lipinski definition) is 2. The molecule has 5 nitrogen and oxygen atoms in total. The second kappa shape index (κ2) is 7.37. The van der Waals surface area contributed by atoms with E-state index in [1.807, 2.05) is 12.1 Å². The molecule has 1 rings (SSSR count). The Kier molecular flexibility index (Phi) is 6.13. The van der Waals surface area contributed by atoms with Crippen molar-refractivity contribution in [2.75, 3.05) is 6.61 Å². The highest BCUT2D eigenvalue weighted by molar-refractivity contribution is 14.1. The molecule has 1 aromatic rings. The molecule has 0 amide bonds. The number of halogens is 2. The molecule has 1 aromatic carbocycles. The van der Waals surface area contributed by atoms with Crippen LogP contribution in [-0.2, 0) is 0 Å². The highest BCUT2D eigenvalue weighted by Crippen LogP contribution is 2.29. The molecular weight excluding hydrogens is 411 g/mol. The summed E-state index contributed by atoms with van der Waals surface area (Å²) in [4.78, 5) is 0. The first-order valence-corrected chi connectivity index (χ1v) is 6.76. The molecule has 18 heavy (non-hydrogen) atoms. The summed E-state index contributed by atoms with van der Waals surface area (Å²) in [6, 6.07) is 3.81. The van der Waals surface area contributed by atoms with E-state index in [-0.39, 0.29) is 5.96 Å². The fourth-order valence-corrected chi connectivity index (χ4v) is 2.83. The van der Waals surface area contributed by atoms with Crippen molar-refractivity contribution in [2.24, 2.45) is 21.7 Å². The minimum absolute atomic E-state index is 0.0931. The second-order valence-corrected chi connectivity index (χ2v) is 5.25. The summed E-state index contributed by atoms with van der Waals surface area (Å²) in [6.07, 6.45) is 3.21. The van der Waals surface area contributed by atoms with Gasteiger partial charge in [-0.25, -0.2) is 0 Å². The first kappa shape index (κ1) is 15.0. The fourth-order valence-electron chi connectivity index (χ4n) is 1.13. The van der Waals surface area contributed by atoms with Crippen molar-refractivity contribution in [1.29, 1.82) is 0 Å². The van der Waals surface area contributed by atoms with E-state index in [4.69, 9.17) is 16.2 Å². The summed E-state index contributed by atoms with van der Waals surface area (Å²) in [7, 11) is 0. The zero-order valence-corrected chi connectivity index (χ0v) is 13.2. The van der Waals surface area contributed by atoms with Gasteiger partial charge >= 0.3 is 0 Å². The molecule has 0 atom stereocenters. The van der Waals surface area contributed by atoms with E-state index < -0.39 is 0 Å². The normalized spacial score (nSPS) is 10.3. The molecule has 0 bridgehead atoms. The van der Waals surface area contributed by atoms with Gasteiger partial charge in [0, 0.05) is 10.0 Å². The van der Waals surface area contributed by atoms with Crippen LogP contribution in [0.25, 0.3) is 0 Å². The Morgan fingerprint density at radius 3 is 2.83 bits per heavy atom. The van der Waals surface area contributed by atoms with Gasteiger partial charge < -0.3 is 16.2 Å². The van der Waals surface area contributed by atoms with Gasteiger partial charge in [-0.3, -0.25) is 0 Å². The molecule has 0 saturated heterocycles. The molecule has 0 aliphatic heterocycles. The van der Waals surface area contributed by atoms with Crippen molar-refractivity contribution in [3.05, 3.63) is 38.4 Å². The average Bonchev–Trinajstić information content (AvgIpc) is 2.27. The van der Waals surface area contributed by atoms with Crippen LogP contribution in [-0.4, -0.2) is 18.8 Å². The minimum Gasteiger partial charge on any atom is -0.488 e. The number of rotatable bonds is 5. The van der Waals surface area contributed by atoms with E-state index in [9.17, 15) is 0 Å². The Bertz CT molecular complexity index is 498. The zero-order valence-electron chi connectivity index (χ0n) is 9.44. The standard InChI is InChI=1S/C11H12BrIN4O/c1-2-3-18-10-7(6-16-17-11(14)15)4-8(12)5-9(10)13/h2,4-6H,1,3H2,(H4,14,15,17). The smallest absolute Gasteiger partial charge is 0.211 e. The van der Waals surface area contributed by atoms with Gasteiger partial charge in [0.2, 0.25) is 5.96 Å². The summed E-state index contributed by atoms with van der Waals surface area (Å²) < 4.78 is 7.46. The molecule has 0 aliphatic rings. The molecule has 7 heteroatoms. The highest BCUT2D eigenvalue weighted by Gasteiger charge is 2.08. The maximum absolute atomic E-state index is 5.58. The molecule has 0 unspecified atom stereocenters. The minimum atomic E-state index is -0.0931. The summed E-state index contributed by atoms with van der Waals surface area (Å²) in [6.45, 7) is 4.03. The van der Waals surface area contributed by atoms with Crippen molar-refractivity contribution in [3.8, 4) is 5.75 Å². The topological polar surface area (TPSA) is 86.0 Å². The summed E-state index contributed by atoms with van der Waals surface area (Å²) in [5.41, 5.74) is 11.2. The Morgan fingerprint density at radius 2 is 2.22 bits per heavy atom. The van der Waals surface area contributed by atoms with E-state index in [2.05, 4.69) is 55.3 Å². The number of guanidine groups is 1. The predicted molar refractivity (Wildman–Crippen MR) is 86.0 cm³/mol. The van der Waals surface area contributed by atoms with Crippen molar-refractivity contribution in [3.63, 3.8) is 0 Å². The number of nitrogens with zero attached hydrogens (tertiary/aromatic N) is 2. The van der Waals surface area contributed by atoms with Crippen LogP contribution in [0.3, 0.4) is 0 Å². The third-order valence-electron chi connectivity index (χ3n) is 1.75. The van der Waals surface area contributed by atoms with Crippen LogP contribution in [0.5, 0.6) is 5.75 Å². The highest BCUT2D eigenvalue weighted by atomic mass is 127. The van der Waals surface area contributed by atoms with Crippen LogP contribution < -0.4 is 16.2 Å². The Labute approximate surface area is 127 Å². The molecule has 0 heterocycles. The zero-order chi connectivity index (χ0) is 13.5. The van der Waals surface area contributed by atoms with Gasteiger partial charge in [-0.2, -0.15) is 5.10 Å². The Morgan fingerprint density at radius 1 is 1.50 bits per heavy atom. The molecule has 96 valence electrons. The summed E-state index contributed by atoms with van der Waals surface area (Å²) in [5, 5.41) is 7.32. The van der Waals surface area contributed by atoms with Gasteiger partial charge in [-0.1, -0.05) is 28.6 Å². The van der Waals surface area contributed by atoms with E-state index in [0.29, 0.717) is 12.4 Å². The molecule has 0 aliphatic carbocycles. The largest absolute Gasteiger partial charge is 0.488 e. The molecule has 0 radical (unpaired) electrons. The van der Waals surface area contributed by atoms with E-state index >= 15 is 0 Å². The lowest BCUT2D eigenvalue weighted by Gasteiger charge is -2.09. The van der Waals surface area contributed by atoms with Gasteiger partial charge in [-0.05, 0) is 34.7 Å². The van der Waals surface area contributed by atoms with Crippen LogP contribution in [0.15, 0.2) is 39.5 Å². The van der Waals surface area contributed by atoms with E-state index in [0.717, 1.165) is 13.6 Å². The average molecular weight is 423 g/mol. The van der Waals surface area contributed by atoms with Crippen molar-refractivity contribution >= 4 is 50.7 Å². The van der Waals surface area contributed by atoms with E-state index in [1.165, 1.54) is 6.21 Å². The second-order valence-electron chi connectivity index (χ2n) is 3.18. The number of nitrogens with two attached hydrogens (primary N) is 2. The molecule has 0 aromatic heterocycles. The van der Waals surface area contributed by atoms with Gasteiger partial charge in [-0.15, -0.1) is 5.10 Å². The van der Waals surface area contributed by atoms with Crippen LogP contribution in [0.1, 0.15) is 5.56 Å². The van der Waals surface area contributed by atoms with E-state index in [1.54, 1.807) is 6.08 Å². The lowest BCUT2D eigenvalue weighted by Crippen LogP contribution is -2.21. The Balaban J connectivity index is 3.10. The van der Waals surface area contributed by atoms with Gasteiger partial charge in [0.25, 0.3) is 0 Å². The molecule has 0 spiro atoms. The quantitative estimate of drug-likeness (QED) is 0.251. The summed E-state index contributed by atoms with van der Waals surface area (Å²) in [5.74, 6) is 0.623. The number of benzene rings is 1. The molecule has 0 saturated carbocycles. The van der Waals surface area contributed by atoms with Crippen molar-refractivity contribution in [2.45, 2.75) is 0 Å². The number of ether oxygens (including phenoxy) is 1. The third-order valence-corrected chi connectivity index (χ3v) is 3.01. The van der Waals surface area contributed by atoms with Gasteiger partial charge in [0.05, 0.1) is 9.78 Å². The molecular formula is C11H12BrIN4O. The van der Waals surface area contributed by atoms with Crippen LogP contribution in [0, 0.1) is 3.57 Å². The lowest BCUT2D eigenvalue weighted by molar-refractivity contribution is 0.360. The van der Waals surface area contributed by atoms with Crippen LogP contribution >= 0.6 is 38.5 Å². The van der Waals surface area contributed by atoms with Gasteiger partial charge in [0.15, 0.2) is 0 Å². The van der Waals surface area contributed by atoms with Crippen LogP contribution in [0.2, 0.25) is 0 Å². The van der Waals surface area contributed by atoms with Crippen molar-refractivity contribution < 1.29 is 4.74 Å². The summed E-state index contributed by atoms with van der Waals surface area (Å²) >= 11 is 5.59.